The summed E-state index contributed by atoms with van der Waals surface area (Å²) >= 11 is 0. The zero-order valence-electron chi connectivity index (χ0n) is 16.3. The Kier molecular flexibility index (Phi) is 5.45. The number of nitrogens with two attached hydrogens (primary N) is 1. The summed E-state index contributed by atoms with van der Waals surface area (Å²) in [5.74, 6) is -2.68. The average Bonchev–Trinajstić information content (AvgIpc) is 3.24. The van der Waals surface area contributed by atoms with Crippen molar-refractivity contribution in [2.75, 3.05) is 6.54 Å². The van der Waals surface area contributed by atoms with Gasteiger partial charge in [-0.25, -0.2) is 13.2 Å². The second-order valence-corrected chi connectivity index (χ2v) is 8.45. The molecule has 5 atom stereocenters. The molecule has 2 N–H and O–H groups in total. The Bertz CT molecular complexity index is 891. The van der Waals surface area contributed by atoms with E-state index in [0.717, 1.165) is 18.2 Å². The van der Waals surface area contributed by atoms with Crippen molar-refractivity contribution in [1.82, 2.24) is 9.80 Å². The summed E-state index contributed by atoms with van der Waals surface area (Å²) in [4.78, 5) is 28.5. The molecule has 0 spiro atoms. The van der Waals surface area contributed by atoms with Crippen LogP contribution in [-0.2, 0) is 4.79 Å². The molecule has 2 amide bonds. The molecular weight excluding hydrogens is 397 g/mol. The van der Waals surface area contributed by atoms with Gasteiger partial charge in [0.25, 0.3) is 5.91 Å². The Hall–Kier alpha value is -2.60. The summed E-state index contributed by atoms with van der Waals surface area (Å²) in [5, 5.41) is 9.18. The van der Waals surface area contributed by atoms with Crippen LogP contribution in [0.15, 0.2) is 18.2 Å². The summed E-state index contributed by atoms with van der Waals surface area (Å²) in [5.41, 5.74) is 5.93. The van der Waals surface area contributed by atoms with Gasteiger partial charge in [0.15, 0.2) is 0 Å². The maximum atomic E-state index is 14.1. The molecule has 9 heteroatoms. The van der Waals surface area contributed by atoms with Crippen LogP contribution in [0.25, 0.3) is 0 Å². The fraction of sp³-hybridized carbons (Fsp3) is 0.571. The highest BCUT2D eigenvalue weighted by Gasteiger charge is 2.48. The van der Waals surface area contributed by atoms with Gasteiger partial charge in [-0.3, -0.25) is 9.59 Å². The number of halogens is 3. The first kappa shape index (κ1) is 20.7. The second kappa shape index (κ2) is 7.91. The molecule has 0 saturated carbocycles. The number of fused-ring (bicyclic) bond motifs is 2. The molecule has 3 aliphatic heterocycles. The van der Waals surface area contributed by atoms with Gasteiger partial charge in [0.1, 0.15) is 23.8 Å². The molecule has 0 aromatic heterocycles. The summed E-state index contributed by atoms with van der Waals surface area (Å²) in [6.45, 7) is -0.131. The number of likely N-dealkylation sites (tertiary alicyclic amines) is 1. The number of hydrogen-bond acceptors (Lipinski definition) is 4. The summed E-state index contributed by atoms with van der Waals surface area (Å²) < 4.78 is 41.3. The Morgan fingerprint density at radius 1 is 1.17 bits per heavy atom. The predicted octanol–water partition coefficient (Wildman–Crippen LogP) is 2.14. The van der Waals surface area contributed by atoms with Crippen molar-refractivity contribution in [3.8, 4) is 6.07 Å². The van der Waals surface area contributed by atoms with Crippen LogP contribution in [0.3, 0.4) is 0 Å². The number of amides is 2. The molecule has 4 rings (SSSR count). The van der Waals surface area contributed by atoms with E-state index in [1.807, 2.05) is 6.07 Å². The molecule has 30 heavy (non-hydrogen) atoms. The number of hydrogen-bond donors (Lipinski definition) is 1. The highest BCUT2D eigenvalue weighted by atomic mass is 19.1. The molecule has 0 radical (unpaired) electrons. The third-order valence-electron chi connectivity index (χ3n) is 6.64. The van der Waals surface area contributed by atoms with Gasteiger partial charge in [0.2, 0.25) is 5.91 Å². The van der Waals surface area contributed by atoms with Crippen LogP contribution >= 0.6 is 0 Å². The minimum absolute atomic E-state index is 0.00758. The van der Waals surface area contributed by atoms with Crippen molar-refractivity contribution < 1.29 is 22.8 Å². The molecule has 1 aromatic rings. The largest absolute Gasteiger partial charge is 0.333 e. The maximum Gasteiger partial charge on any atom is 0.257 e. The Morgan fingerprint density at radius 3 is 2.47 bits per heavy atom. The lowest BCUT2D eigenvalue weighted by Crippen LogP contribution is -2.55. The van der Waals surface area contributed by atoms with Crippen LogP contribution in [0, 0.1) is 28.9 Å². The van der Waals surface area contributed by atoms with E-state index in [0.29, 0.717) is 25.7 Å². The minimum atomic E-state index is -1.23. The zero-order chi connectivity index (χ0) is 21.6. The van der Waals surface area contributed by atoms with Gasteiger partial charge in [0, 0.05) is 18.5 Å². The molecule has 160 valence electrons. The standard InChI is InChI=1S/C21H23F3N4O2/c22-12-1-4-18(24)17(8-12)20(29)28-14-2-3-15(28)6-11(5-14)19(26)21(30)27-10-13(23)7-16(27)9-25/h1,4,8,11,13-16,19H,2-3,5-7,10,26H2/t11?,13?,14?,15?,16?,19-/m0/s1. The Balaban J connectivity index is 1.47. The highest BCUT2D eigenvalue weighted by Crippen LogP contribution is 2.41. The molecule has 3 fully saturated rings. The van der Waals surface area contributed by atoms with E-state index in [4.69, 9.17) is 5.73 Å². The Morgan fingerprint density at radius 2 is 1.83 bits per heavy atom. The monoisotopic (exact) mass is 420 g/mol. The first-order chi connectivity index (χ1) is 14.3. The number of carbonyl (C=O) groups is 2. The van der Waals surface area contributed by atoms with Crippen LogP contribution in [0.2, 0.25) is 0 Å². The first-order valence-corrected chi connectivity index (χ1v) is 10.2. The molecule has 4 unspecified atom stereocenters. The molecular formula is C21H23F3N4O2. The molecule has 6 nitrogen and oxygen atoms in total. The van der Waals surface area contributed by atoms with Crippen LogP contribution in [0.4, 0.5) is 13.2 Å². The predicted molar refractivity (Wildman–Crippen MR) is 101 cm³/mol. The van der Waals surface area contributed by atoms with Crippen LogP contribution in [-0.4, -0.2) is 58.5 Å². The van der Waals surface area contributed by atoms with Crippen molar-refractivity contribution >= 4 is 11.8 Å². The summed E-state index contributed by atoms with van der Waals surface area (Å²) in [6, 6.07) is 2.61. The number of alkyl halides is 1. The van der Waals surface area contributed by atoms with Crippen molar-refractivity contribution in [2.24, 2.45) is 11.7 Å². The van der Waals surface area contributed by atoms with Gasteiger partial charge in [0.05, 0.1) is 24.2 Å². The summed E-state index contributed by atoms with van der Waals surface area (Å²) in [6.07, 6.45) is 1.06. The maximum absolute atomic E-state index is 14.1. The van der Waals surface area contributed by atoms with Crippen LogP contribution in [0.1, 0.15) is 42.5 Å². The third kappa shape index (κ3) is 3.54. The van der Waals surface area contributed by atoms with Crippen molar-refractivity contribution in [2.45, 2.75) is 62.4 Å². The number of nitrogens with zero attached hydrogens (tertiary/aromatic N) is 3. The number of benzene rings is 1. The van der Waals surface area contributed by atoms with Gasteiger partial charge in [-0.2, -0.15) is 5.26 Å². The van der Waals surface area contributed by atoms with Crippen LogP contribution < -0.4 is 5.73 Å². The lowest BCUT2D eigenvalue weighted by Gasteiger charge is -2.41. The van der Waals surface area contributed by atoms with E-state index in [2.05, 4.69) is 0 Å². The van der Waals surface area contributed by atoms with E-state index in [1.165, 1.54) is 4.90 Å². The quantitative estimate of drug-likeness (QED) is 0.811. The highest BCUT2D eigenvalue weighted by molar-refractivity contribution is 5.95. The van der Waals surface area contributed by atoms with Gasteiger partial charge >= 0.3 is 0 Å². The molecule has 3 saturated heterocycles. The minimum Gasteiger partial charge on any atom is -0.333 e. The van der Waals surface area contributed by atoms with Crippen molar-refractivity contribution in [3.63, 3.8) is 0 Å². The van der Waals surface area contributed by atoms with Gasteiger partial charge in [-0.05, 0) is 49.8 Å². The fourth-order valence-electron chi connectivity index (χ4n) is 5.19. The van der Waals surface area contributed by atoms with Crippen LogP contribution in [0.5, 0.6) is 0 Å². The SMILES string of the molecule is N#CC1CC(F)CN1C(=O)[C@@H](N)C1CC2CCC(C1)N2C(=O)c1cc(F)ccc1F. The smallest absolute Gasteiger partial charge is 0.257 e. The third-order valence-corrected chi connectivity index (χ3v) is 6.64. The normalized spacial score (nSPS) is 31.5. The van der Waals surface area contributed by atoms with Gasteiger partial charge in [-0.1, -0.05) is 0 Å². The van der Waals surface area contributed by atoms with Crippen molar-refractivity contribution in [3.05, 3.63) is 35.4 Å². The van der Waals surface area contributed by atoms with Crippen molar-refractivity contribution in [1.29, 1.82) is 5.26 Å². The topological polar surface area (TPSA) is 90.4 Å². The Labute approximate surface area is 172 Å². The molecule has 1 aromatic carbocycles. The van der Waals surface area contributed by atoms with E-state index in [-0.39, 0.29) is 36.5 Å². The lowest BCUT2D eigenvalue weighted by atomic mass is 9.84. The zero-order valence-corrected chi connectivity index (χ0v) is 16.3. The first-order valence-electron chi connectivity index (χ1n) is 10.2. The van der Waals surface area contributed by atoms with E-state index in [9.17, 15) is 28.0 Å². The number of piperidine rings is 1. The fourth-order valence-corrected chi connectivity index (χ4v) is 5.19. The number of nitriles is 1. The van der Waals surface area contributed by atoms with Gasteiger partial charge in [-0.15, -0.1) is 0 Å². The lowest BCUT2D eigenvalue weighted by molar-refractivity contribution is -0.134. The van der Waals surface area contributed by atoms with Gasteiger partial charge < -0.3 is 15.5 Å². The average molecular weight is 420 g/mol. The van der Waals surface area contributed by atoms with E-state index >= 15 is 0 Å². The molecule has 0 aliphatic carbocycles. The molecule has 3 heterocycles. The summed E-state index contributed by atoms with van der Waals surface area (Å²) in [7, 11) is 0. The second-order valence-electron chi connectivity index (χ2n) is 8.45. The number of rotatable bonds is 3. The van der Waals surface area contributed by atoms with E-state index in [1.54, 1.807) is 4.90 Å². The molecule has 2 bridgehead atoms. The molecule has 3 aliphatic rings. The van der Waals surface area contributed by atoms with E-state index < -0.39 is 41.7 Å². The number of carbonyl (C=O) groups excluding carboxylic acids is 2.